The molecule has 6 nitrogen and oxygen atoms in total. The van der Waals surface area contributed by atoms with Gasteiger partial charge >= 0.3 is 6.09 Å². The number of ether oxygens (including phenoxy) is 1. The van der Waals surface area contributed by atoms with Crippen LogP contribution in [-0.2, 0) is 19.4 Å². The van der Waals surface area contributed by atoms with E-state index >= 15 is 0 Å². The van der Waals surface area contributed by atoms with Gasteiger partial charge in [-0.2, -0.15) is 0 Å². The maximum atomic E-state index is 13.5. The molecular formula is C16H20FNO5S. The van der Waals surface area contributed by atoms with Crippen molar-refractivity contribution in [2.45, 2.75) is 43.1 Å². The first-order valence-corrected chi connectivity index (χ1v) is 9.28. The fourth-order valence-corrected chi connectivity index (χ4v) is 4.69. The third kappa shape index (κ3) is 3.58. The van der Waals surface area contributed by atoms with E-state index in [1.54, 1.807) is 20.8 Å². The van der Waals surface area contributed by atoms with Crippen molar-refractivity contribution in [3.63, 3.8) is 0 Å². The molecule has 0 aliphatic heterocycles. The van der Waals surface area contributed by atoms with Crippen LogP contribution in [0.25, 0.3) is 0 Å². The molecular weight excluding hydrogens is 337 g/mol. The highest BCUT2D eigenvalue weighted by atomic mass is 32.2. The first-order chi connectivity index (χ1) is 10.9. The van der Waals surface area contributed by atoms with Crippen molar-refractivity contribution in [2.24, 2.45) is 0 Å². The molecule has 8 heteroatoms. The Morgan fingerprint density at radius 3 is 2.46 bits per heavy atom. The number of hydrogen-bond donors (Lipinski definition) is 1. The van der Waals surface area contributed by atoms with Gasteiger partial charge in [-0.1, -0.05) is 12.1 Å². The smallest absolute Gasteiger partial charge is 0.408 e. The minimum atomic E-state index is -3.67. The molecule has 0 radical (unpaired) electrons. The molecule has 0 aromatic heterocycles. The van der Waals surface area contributed by atoms with Crippen LogP contribution in [0.5, 0.6) is 0 Å². The lowest BCUT2D eigenvalue weighted by Gasteiger charge is -2.22. The lowest BCUT2D eigenvalue weighted by Crippen LogP contribution is -2.45. The monoisotopic (exact) mass is 357 g/mol. The fraction of sp³-hybridized carbons (Fsp3) is 0.500. The second-order valence-corrected chi connectivity index (χ2v) is 9.13. The summed E-state index contributed by atoms with van der Waals surface area (Å²) >= 11 is 0. The largest absolute Gasteiger partial charge is 0.444 e. The van der Waals surface area contributed by atoms with Crippen LogP contribution in [-0.4, -0.2) is 43.4 Å². The molecule has 1 aromatic carbocycles. The summed E-state index contributed by atoms with van der Waals surface area (Å²) in [5.74, 6) is -1.42. The average Bonchev–Trinajstić information content (AvgIpc) is 3.05. The molecule has 1 N–H and O–H groups in total. The van der Waals surface area contributed by atoms with E-state index in [0.29, 0.717) is 11.8 Å². The minimum absolute atomic E-state index is 0.327. The molecule has 2 rings (SSSR count). The van der Waals surface area contributed by atoms with Gasteiger partial charge in [0.05, 0.1) is 0 Å². The molecule has 0 bridgehead atoms. The van der Waals surface area contributed by atoms with E-state index in [1.165, 1.54) is 18.2 Å². The number of carbonyl (C=O) groups excluding carboxylic acids is 2. The molecule has 0 heterocycles. The molecule has 24 heavy (non-hydrogen) atoms. The van der Waals surface area contributed by atoms with Crippen LogP contribution in [0.15, 0.2) is 24.3 Å². The van der Waals surface area contributed by atoms with Gasteiger partial charge in [-0.3, -0.25) is 0 Å². The minimum Gasteiger partial charge on any atom is -0.444 e. The van der Waals surface area contributed by atoms with Crippen molar-refractivity contribution in [1.82, 2.24) is 5.32 Å². The third-order valence-corrected chi connectivity index (χ3v) is 5.35. The van der Waals surface area contributed by atoms with Crippen molar-refractivity contribution < 1.29 is 27.1 Å². The number of halogens is 1. The summed E-state index contributed by atoms with van der Waals surface area (Å²) in [5.41, 5.74) is -2.14. The third-order valence-electron chi connectivity index (χ3n) is 3.76. The first kappa shape index (κ1) is 18.4. The van der Waals surface area contributed by atoms with Crippen LogP contribution in [0.4, 0.5) is 9.18 Å². The zero-order valence-electron chi connectivity index (χ0n) is 13.9. The zero-order valence-corrected chi connectivity index (χ0v) is 14.7. The Morgan fingerprint density at radius 2 is 2.00 bits per heavy atom. The van der Waals surface area contributed by atoms with Crippen LogP contribution in [0.3, 0.4) is 0 Å². The summed E-state index contributed by atoms with van der Waals surface area (Å²) in [6.45, 7) is 4.93. The molecule has 1 aliphatic carbocycles. The van der Waals surface area contributed by atoms with Gasteiger partial charge in [0, 0.05) is 12.2 Å². The number of benzene rings is 1. The summed E-state index contributed by atoms with van der Waals surface area (Å²) in [5, 5.41) is 1.20. The van der Waals surface area contributed by atoms with Crippen molar-refractivity contribution >= 4 is 22.2 Å². The fourth-order valence-electron chi connectivity index (χ4n) is 2.93. The highest BCUT2D eigenvalue weighted by Gasteiger charge is 2.72. The van der Waals surface area contributed by atoms with Crippen LogP contribution in [0.2, 0.25) is 0 Å². The van der Waals surface area contributed by atoms with E-state index in [-0.39, 0.29) is 0 Å². The van der Waals surface area contributed by atoms with Gasteiger partial charge in [0.1, 0.15) is 28.5 Å². The first-order valence-electron chi connectivity index (χ1n) is 7.32. The normalized spacial score (nSPS) is 26.5. The van der Waals surface area contributed by atoms with Gasteiger partial charge in [-0.25, -0.2) is 17.6 Å². The molecule has 3 atom stereocenters. The van der Waals surface area contributed by atoms with Crippen LogP contribution in [0, 0.1) is 5.82 Å². The molecule has 1 saturated carbocycles. The predicted molar refractivity (Wildman–Crippen MR) is 85.9 cm³/mol. The highest BCUT2D eigenvalue weighted by Crippen LogP contribution is 2.54. The van der Waals surface area contributed by atoms with E-state index in [4.69, 9.17) is 4.74 Å². The van der Waals surface area contributed by atoms with Gasteiger partial charge in [0.2, 0.25) is 0 Å². The molecule has 1 aromatic rings. The summed E-state index contributed by atoms with van der Waals surface area (Å²) in [7, 11) is -3.67. The number of alkyl carbamates (subject to hydrolysis) is 1. The van der Waals surface area contributed by atoms with E-state index < -0.39 is 44.1 Å². The second-order valence-electron chi connectivity index (χ2n) is 6.96. The zero-order chi connectivity index (χ0) is 18.3. The van der Waals surface area contributed by atoms with Gasteiger partial charge in [0.25, 0.3) is 0 Å². The number of nitrogens with one attached hydrogen (secondary N) is 1. The topological polar surface area (TPSA) is 89.5 Å². The predicted octanol–water partition coefficient (Wildman–Crippen LogP) is 1.80. The quantitative estimate of drug-likeness (QED) is 0.830. The van der Waals surface area contributed by atoms with Crippen molar-refractivity contribution in [3.8, 4) is 0 Å². The maximum Gasteiger partial charge on any atom is 0.408 e. The molecule has 1 fully saturated rings. The molecule has 132 valence electrons. The van der Waals surface area contributed by atoms with Crippen molar-refractivity contribution in [3.05, 3.63) is 35.6 Å². The standard InChI is InChI=1S/C16H20FNO5S/c1-15(2,3)23-14(20)18-16(9-19)12(13(16)24(4,21)22)10-6-5-7-11(17)8-10/h5-9,12-13H,1-4H3,(H,18,20)/t12-,13-,16+/m0/s1. The Labute approximate surface area is 140 Å². The Balaban J connectivity index is 2.38. The number of sulfone groups is 1. The van der Waals surface area contributed by atoms with Crippen molar-refractivity contribution in [2.75, 3.05) is 6.26 Å². The number of aldehydes is 1. The summed E-state index contributed by atoms with van der Waals surface area (Å²) in [6.07, 6.45) is 0.464. The SMILES string of the molecule is CC(C)(C)OC(=O)N[C@]1(C=O)[C@@H](c2cccc(F)c2)[C@@H]1S(C)(=O)=O. The summed E-state index contributed by atoms with van der Waals surface area (Å²) in [6, 6.07) is 5.31. The molecule has 1 aliphatic rings. The van der Waals surface area contributed by atoms with E-state index in [0.717, 1.165) is 12.3 Å². The van der Waals surface area contributed by atoms with E-state index in [1.807, 2.05) is 0 Å². The molecule has 0 spiro atoms. The van der Waals surface area contributed by atoms with Crippen molar-refractivity contribution in [1.29, 1.82) is 0 Å². The van der Waals surface area contributed by atoms with E-state index in [2.05, 4.69) is 5.32 Å². The number of amides is 1. The van der Waals surface area contributed by atoms with Crippen LogP contribution < -0.4 is 5.32 Å². The van der Waals surface area contributed by atoms with Gasteiger partial charge < -0.3 is 14.8 Å². The lowest BCUT2D eigenvalue weighted by atomic mass is 10.1. The van der Waals surface area contributed by atoms with Crippen LogP contribution >= 0.6 is 0 Å². The summed E-state index contributed by atoms with van der Waals surface area (Å²) in [4.78, 5) is 23.7. The lowest BCUT2D eigenvalue weighted by molar-refractivity contribution is -0.110. The molecule has 0 unspecified atom stereocenters. The Hall–Kier alpha value is -1.96. The van der Waals surface area contributed by atoms with Crippen LogP contribution in [0.1, 0.15) is 32.3 Å². The summed E-state index contributed by atoms with van der Waals surface area (Å²) < 4.78 is 42.7. The van der Waals surface area contributed by atoms with Gasteiger partial charge in [0.15, 0.2) is 9.84 Å². The Morgan fingerprint density at radius 1 is 1.38 bits per heavy atom. The van der Waals surface area contributed by atoms with Gasteiger partial charge in [-0.05, 0) is 38.5 Å². The number of carbonyl (C=O) groups is 2. The Bertz CT molecular complexity index is 771. The Kier molecular flexibility index (Phi) is 4.47. The number of rotatable bonds is 4. The molecule has 0 saturated heterocycles. The maximum absolute atomic E-state index is 13.5. The average molecular weight is 357 g/mol. The van der Waals surface area contributed by atoms with E-state index in [9.17, 15) is 22.4 Å². The van der Waals surface area contributed by atoms with Gasteiger partial charge in [-0.15, -0.1) is 0 Å². The highest BCUT2D eigenvalue weighted by molar-refractivity contribution is 7.91. The second kappa shape index (κ2) is 5.84. The molecule has 1 amide bonds. The number of hydrogen-bond acceptors (Lipinski definition) is 5.